The van der Waals surface area contributed by atoms with Gasteiger partial charge in [-0.25, -0.2) is 19.2 Å². The van der Waals surface area contributed by atoms with Gasteiger partial charge in [0.2, 0.25) is 0 Å². The molecule has 4 N–H and O–H groups in total. The second-order valence-corrected chi connectivity index (χ2v) is 10.8. The lowest BCUT2D eigenvalue weighted by atomic mass is 9.93. The highest BCUT2D eigenvalue weighted by Gasteiger charge is 2.34. The summed E-state index contributed by atoms with van der Waals surface area (Å²) in [7, 11) is 0. The van der Waals surface area contributed by atoms with E-state index in [1.165, 1.54) is 18.2 Å². The Labute approximate surface area is 233 Å². The second kappa shape index (κ2) is 14.9. The van der Waals surface area contributed by atoms with Crippen molar-refractivity contribution in [3.05, 3.63) is 42.5 Å². The molecule has 13 nitrogen and oxygen atoms in total. The number of aldehydes is 1. The van der Waals surface area contributed by atoms with E-state index in [0.717, 1.165) is 0 Å². The fraction of sp³-hybridized carbons (Fsp3) is 0.519. The van der Waals surface area contributed by atoms with E-state index in [2.05, 4.69) is 22.5 Å². The highest BCUT2D eigenvalue weighted by Crippen LogP contribution is 2.19. The molecule has 1 aromatic rings. The molecule has 0 bridgehead atoms. The number of hydrogen-bond acceptors (Lipinski definition) is 9. The normalized spacial score (nSPS) is 13.6. The minimum atomic E-state index is -1.48. The average molecular weight is 566 g/mol. The van der Waals surface area contributed by atoms with Gasteiger partial charge in [0.25, 0.3) is 0 Å². The maximum absolute atomic E-state index is 12.4. The quantitative estimate of drug-likeness (QED) is 0.158. The third kappa shape index (κ3) is 13.6. The standard InChI is InChI=1S/C27H39N3O10/c1-8-13-37-17-27(16-31,30-24(36)40-26(5,6)7)14-18-9-11-19(12-10-18)38-23(35)29-20(21(32)33)15-28-22(34)39-25(2,3)4/h8-12,16,20H,1,13-15,17H2,2-7H3,(H,28,34)(H,29,35)(H,30,36)(H,32,33). The van der Waals surface area contributed by atoms with Crippen LogP contribution < -0.4 is 20.7 Å². The largest absolute Gasteiger partial charge is 0.480 e. The van der Waals surface area contributed by atoms with E-state index in [-0.39, 0.29) is 25.4 Å². The van der Waals surface area contributed by atoms with Crippen molar-refractivity contribution in [3.8, 4) is 5.75 Å². The lowest BCUT2D eigenvalue weighted by molar-refractivity contribution is -0.139. The van der Waals surface area contributed by atoms with Crippen LogP contribution in [0.3, 0.4) is 0 Å². The van der Waals surface area contributed by atoms with E-state index >= 15 is 0 Å². The summed E-state index contributed by atoms with van der Waals surface area (Å²) in [4.78, 5) is 60.1. The molecule has 40 heavy (non-hydrogen) atoms. The number of carbonyl (C=O) groups excluding carboxylic acids is 4. The minimum absolute atomic E-state index is 0.0246. The highest BCUT2D eigenvalue weighted by atomic mass is 16.6. The first-order valence-electron chi connectivity index (χ1n) is 12.4. The molecule has 0 aliphatic rings. The monoisotopic (exact) mass is 565 g/mol. The molecule has 2 atom stereocenters. The molecule has 0 heterocycles. The first kappa shape index (κ1) is 33.9. The number of carbonyl (C=O) groups is 5. The maximum Gasteiger partial charge on any atom is 0.413 e. The zero-order valence-electron chi connectivity index (χ0n) is 23.7. The van der Waals surface area contributed by atoms with Gasteiger partial charge in [-0.1, -0.05) is 18.2 Å². The molecule has 1 rings (SSSR count). The number of carboxylic acid groups (broad SMARTS) is 1. The van der Waals surface area contributed by atoms with E-state index in [0.29, 0.717) is 11.8 Å². The predicted molar refractivity (Wildman–Crippen MR) is 144 cm³/mol. The summed E-state index contributed by atoms with van der Waals surface area (Å²) in [5.41, 5.74) is -2.44. The Balaban J connectivity index is 2.87. The molecule has 0 saturated heterocycles. The Kier molecular flexibility index (Phi) is 12.6. The topological polar surface area (TPSA) is 179 Å². The lowest BCUT2D eigenvalue weighted by Crippen LogP contribution is -2.56. The van der Waals surface area contributed by atoms with Crippen molar-refractivity contribution in [3.63, 3.8) is 0 Å². The van der Waals surface area contributed by atoms with Crippen molar-refractivity contribution in [1.82, 2.24) is 16.0 Å². The van der Waals surface area contributed by atoms with Crippen molar-refractivity contribution in [2.45, 2.75) is 70.7 Å². The number of amides is 3. The number of ether oxygens (including phenoxy) is 4. The van der Waals surface area contributed by atoms with Crippen molar-refractivity contribution < 1.29 is 48.0 Å². The Hall–Kier alpha value is -4.13. The first-order chi connectivity index (χ1) is 18.5. The number of nitrogens with one attached hydrogen (secondary N) is 3. The van der Waals surface area contributed by atoms with Gasteiger partial charge in [0.05, 0.1) is 19.8 Å². The molecule has 0 radical (unpaired) electrons. The zero-order valence-corrected chi connectivity index (χ0v) is 23.7. The summed E-state index contributed by atoms with van der Waals surface area (Å²) in [5.74, 6) is -1.32. The Bertz CT molecular complexity index is 1040. The van der Waals surface area contributed by atoms with E-state index in [4.69, 9.17) is 18.9 Å². The van der Waals surface area contributed by atoms with Crippen LogP contribution in [0.4, 0.5) is 14.4 Å². The van der Waals surface area contributed by atoms with Crippen molar-refractivity contribution >= 4 is 30.5 Å². The number of rotatable bonds is 13. The van der Waals surface area contributed by atoms with Gasteiger partial charge in [0, 0.05) is 6.42 Å². The number of benzene rings is 1. The van der Waals surface area contributed by atoms with Crippen LogP contribution >= 0.6 is 0 Å². The maximum atomic E-state index is 12.4. The van der Waals surface area contributed by atoms with Crippen LogP contribution in [0.1, 0.15) is 47.1 Å². The zero-order chi connectivity index (χ0) is 30.6. The Morgan fingerprint density at radius 1 is 0.950 bits per heavy atom. The average Bonchev–Trinajstić information content (AvgIpc) is 2.80. The van der Waals surface area contributed by atoms with E-state index in [9.17, 15) is 29.1 Å². The van der Waals surface area contributed by atoms with Gasteiger partial charge in [0.1, 0.15) is 34.8 Å². The predicted octanol–water partition coefficient (Wildman–Crippen LogP) is 2.96. The fourth-order valence-corrected chi connectivity index (χ4v) is 3.09. The summed E-state index contributed by atoms with van der Waals surface area (Å²) in [6.07, 6.45) is -0.619. The van der Waals surface area contributed by atoms with Crippen molar-refractivity contribution in [2.75, 3.05) is 19.8 Å². The second-order valence-electron chi connectivity index (χ2n) is 10.8. The van der Waals surface area contributed by atoms with Crippen LogP contribution in [0.15, 0.2) is 36.9 Å². The summed E-state index contributed by atoms with van der Waals surface area (Å²) < 4.78 is 20.9. The number of carboxylic acids is 1. The molecule has 0 aromatic heterocycles. The van der Waals surface area contributed by atoms with Gasteiger partial charge in [0.15, 0.2) is 0 Å². The third-order valence-corrected chi connectivity index (χ3v) is 4.66. The van der Waals surface area contributed by atoms with Gasteiger partial charge < -0.3 is 44.8 Å². The molecule has 0 aliphatic heterocycles. The summed E-state index contributed by atoms with van der Waals surface area (Å²) in [6, 6.07) is 4.49. The van der Waals surface area contributed by atoms with Crippen LogP contribution in [0, 0.1) is 0 Å². The van der Waals surface area contributed by atoms with Gasteiger partial charge >= 0.3 is 24.2 Å². The van der Waals surface area contributed by atoms with Crippen molar-refractivity contribution in [2.24, 2.45) is 0 Å². The molecule has 0 saturated carbocycles. The van der Waals surface area contributed by atoms with Gasteiger partial charge in [-0.2, -0.15) is 0 Å². The third-order valence-electron chi connectivity index (χ3n) is 4.66. The van der Waals surface area contributed by atoms with Gasteiger partial charge in [-0.15, -0.1) is 6.58 Å². The van der Waals surface area contributed by atoms with Crippen LogP contribution in [-0.4, -0.2) is 78.2 Å². The van der Waals surface area contributed by atoms with Crippen molar-refractivity contribution in [1.29, 1.82) is 0 Å². The lowest BCUT2D eigenvalue weighted by Gasteiger charge is -2.30. The summed E-state index contributed by atoms with van der Waals surface area (Å²) in [6.45, 7) is 13.1. The molecular weight excluding hydrogens is 526 g/mol. The van der Waals surface area contributed by atoms with Crippen LogP contribution in [0.25, 0.3) is 0 Å². The van der Waals surface area contributed by atoms with E-state index < -0.39 is 53.6 Å². The van der Waals surface area contributed by atoms with Gasteiger partial charge in [-0.3, -0.25) is 0 Å². The van der Waals surface area contributed by atoms with E-state index in [1.807, 2.05) is 0 Å². The Morgan fingerprint density at radius 3 is 2.02 bits per heavy atom. The number of alkyl carbamates (subject to hydrolysis) is 2. The number of aliphatic carboxylic acids is 1. The first-order valence-corrected chi connectivity index (χ1v) is 12.4. The Morgan fingerprint density at radius 2 is 1.52 bits per heavy atom. The molecular formula is C27H39N3O10. The van der Waals surface area contributed by atoms with Crippen LogP contribution in [0.5, 0.6) is 5.75 Å². The summed E-state index contributed by atoms with van der Waals surface area (Å²) in [5, 5.41) is 16.4. The molecule has 222 valence electrons. The molecule has 3 amide bonds. The van der Waals surface area contributed by atoms with Crippen LogP contribution in [-0.2, 0) is 30.2 Å². The molecule has 0 fully saturated rings. The summed E-state index contributed by atoms with van der Waals surface area (Å²) >= 11 is 0. The highest BCUT2D eigenvalue weighted by molar-refractivity contribution is 5.82. The number of hydrogen-bond donors (Lipinski definition) is 4. The molecule has 2 unspecified atom stereocenters. The van der Waals surface area contributed by atoms with Gasteiger partial charge in [-0.05, 0) is 59.2 Å². The minimum Gasteiger partial charge on any atom is -0.480 e. The molecule has 0 aliphatic carbocycles. The van der Waals surface area contributed by atoms with Crippen LogP contribution in [0.2, 0.25) is 0 Å². The molecule has 0 spiro atoms. The molecule has 1 aromatic carbocycles. The smallest absolute Gasteiger partial charge is 0.413 e. The SMILES string of the molecule is C=CCOCC(C=O)(Cc1ccc(OC(=O)NC(CNC(=O)OC(C)(C)C)C(=O)O)cc1)NC(=O)OC(C)(C)C. The van der Waals surface area contributed by atoms with E-state index in [1.54, 1.807) is 53.7 Å². The molecule has 13 heteroatoms. The fourth-order valence-electron chi connectivity index (χ4n) is 3.09.